The second-order valence-corrected chi connectivity index (χ2v) is 5.85. The van der Waals surface area contributed by atoms with Gasteiger partial charge in [-0.25, -0.2) is 9.78 Å². The van der Waals surface area contributed by atoms with Gasteiger partial charge < -0.3 is 5.11 Å². The SMILES string of the molecule is CCc1nc(-c2ccc(Cl)c3cccnc23)sc1C(=O)O. The maximum absolute atomic E-state index is 11.3. The van der Waals surface area contributed by atoms with Crippen LogP contribution in [-0.2, 0) is 6.42 Å². The third-order valence-corrected chi connectivity index (χ3v) is 4.62. The number of carboxylic acids is 1. The summed E-state index contributed by atoms with van der Waals surface area (Å²) in [7, 11) is 0. The first-order valence-corrected chi connectivity index (χ1v) is 7.58. The zero-order valence-corrected chi connectivity index (χ0v) is 12.7. The second kappa shape index (κ2) is 5.42. The molecular weight excluding hydrogens is 308 g/mol. The van der Waals surface area contributed by atoms with Crippen molar-refractivity contribution in [3.05, 3.63) is 46.1 Å². The molecule has 1 aromatic carbocycles. The number of aryl methyl sites for hydroxylation is 1. The highest BCUT2D eigenvalue weighted by molar-refractivity contribution is 7.17. The molecule has 0 amide bonds. The molecule has 0 fully saturated rings. The van der Waals surface area contributed by atoms with Gasteiger partial charge in [0.25, 0.3) is 0 Å². The number of rotatable bonds is 3. The summed E-state index contributed by atoms with van der Waals surface area (Å²) in [5, 5.41) is 11.4. The molecule has 106 valence electrons. The lowest BCUT2D eigenvalue weighted by molar-refractivity contribution is 0.0701. The Bertz CT molecular complexity index is 845. The largest absolute Gasteiger partial charge is 0.477 e. The highest BCUT2D eigenvalue weighted by Crippen LogP contribution is 2.35. The first-order chi connectivity index (χ1) is 10.1. The standard InChI is InChI=1S/C15H11ClN2O2S/c1-2-11-13(15(19)20)21-14(18-11)9-5-6-10(16)8-4-3-7-17-12(8)9/h3-7H,2H2,1H3,(H,19,20). The van der Waals surface area contributed by atoms with Crippen molar-refractivity contribution in [3.8, 4) is 10.6 Å². The summed E-state index contributed by atoms with van der Waals surface area (Å²) in [4.78, 5) is 20.4. The number of aromatic carboxylic acids is 1. The van der Waals surface area contributed by atoms with Crippen molar-refractivity contribution in [1.82, 2.24) is 9.97 Å². The van der Waals surface area contributed by atoms with Crippen molar-refractivity contribution >= 4 is 39.8 Å². The molecule has 1 N–H and O–H groups in total. The molecule has 0 atom stereocenters. The first-order valence-electron chi connectivity index (χ1n) is 6.38. The maximum atomic E-state index is 11.3. The van der Waals surface area contributed by atoms with E-state index in [2.05, 4.69) is 9.97 Å². The third-order valence-electron chi connectivity index (χ3n) is 3.17. The Morgan fingerprint density at radius 1 is 1.38 bits per heavy atom. The lowest BCUT2D eigenvalue weighted by Gasteiger charge is -2.04. The van der Waals surface area contributed by atoms with Crippen LogP contribution in [-0.4, -0.2) is 21.0 Å². The summed E-state index contributed by atoms with van der Waals surface area (Å²) in [6, 6.07) is 7.33. The quantitative estimate of drug-likeness (QED) is 0.783. The minimum atomic E-state index is -0.943. The zero-order valence-electron chi connectivity index (χ0n) is 11.1. The van der Waals surface area contributed by atoms with E-state index >= 15 is 0 Å². The van der Waals surface area contributed by atoms with Gasteiger partial charge in [0.05, 0.1) is 16.2 Å². The maximum Gasteiger partial charge on any atom is 0.347 e. The van der Waals surface area contributed by atoms with Crippen molar-refractivity contribution in [2.24, 2.45) is 0 Å². The Hall–Kier alpha value is -1.98. The van der Waals surface area contributed by atoms with Gasteiger partial charge in [0, 0.05) is 17.1 Å². The summed E-state index contributed by atoms with van der Waals surface area (Å²) in [6.45, 7) is 1.89. The Labute approximate surface area is 130 Å². The summed E-state index contributed by atoms with van der Waals surface area (Å²) in [6.07, 6.45) is 2.27. The molecule has 21 heavy (non-hydrogen) atoms. The van der Waals surface area contributed by atoms with Crippen molar-refractivity contribution in [2.45, 2.75) is 13.3 Å². The molecule has 0 aliphatic carbocycles. The fourth-order valence-corrected chi connectivity index (χ4v) is 3.42. The summed E-state index contributed by atoms with van der Waals surface area (Å²) >= 11 is 7.35. The van der Waals surface area contributed by atoms with Crippen LogP contribution in [0.1, 0.15) is 22.3 Å². The Kier molecular flexibility index (Phi) is 3.61. The van der Waals surface area contributed by atoms with E-state index in [1.165, 1.54) is 11.3 Å². The lowest BCUT2D eigenvalue weighted by atomic mass is 10.1. The molecule has 2 heterocycles. The van der Waals surface area contributed by atoms with Crippen molar-refractivity contribution in [1.29, 1.82) is 0 Å². The van der Waals surface area contributed by atoms with Gasteiger partial charge in [-0.05, 0) is 30.7 Å². The molecule has 4 nitrogen and oxygen atoms in total. The summed E-state index contributed by atoms with van der Waals surface area (Å²) in [5.74, 6) is -0.943. The van der Waals surface area contributed by atoms with Crippen LogP contribution in [0, 0.1) is 0 Å². The number of halogens is 1. The van der Waals surface area contributed by atoms with Crippen LogP contribution in [0.2, 0.25) is 5.02 Å². The fourth-order valence-electron chi connectivity index (χ4n) is 2.18. The van der Waals surface area contributed by atoms with Crippen LogP contribution >= 0.6 is 22.9 Å². The number of fused-ring (bicyclic) bond motifs is 1. The van der Waals surface area contributed by atoms with Gasteiger partial charge in [0.1, 0.15) is 9.88 Å². The van der Waals surface area contributed by atoms with Crippen LogP contribution in [0.15, 0.2) is 30.5 Å². The number of carboxylic acid groups (broad SMARTS) is 1. The number of aromatic nitrogens is 2. The van der Waals surface area contributed by atoms with E-state index in [0.29, 0.717) is 22.1 Å². The van der Waals surface area contributed by atoms with E-state index in [1.807, 2.05) is 25.1 Å². The number of hydrogen-bond donors (Lipinski definition) is 1. The van der Waals surface area contributed by atoms with E-state index in [0.717, 1.165) is 16.5 Å². The van der Waals surface area contributed by atoms with Gasteiger partial charge in [0.2, 0.25) is 0 Å². The Morgan fingerprint density at radius 2 is 2.19 bits per heavy atom. The van der Waals surface area contributed by atoms with Crippen molar-refractivity contribution in [2.75, 3.05) is 0 Å². The smallest absolute Gasteiger partial charge is 0.347 e. The van der Waals surface area contributed by atoms with E-state index in [4.69, 9.17) is 11.6 Å². The molecule has 0 aliphatic rings. The van der Waals surface area contributed by atoms with Gasteiger partial charge >= 0.3 is 5.97 Å². The molecule has 0 radical (unpaired) electrons. The molecule has 0 bridgehead atoms. The number of hydrogen-bond acceptors (Lipinski definition) is 4. The molecule has 3 aromatic rings. The van der Waals surface area contributed by atoms with Gasteiger partial charge in [0.15, 0.2) is 0 Å². The number of thiazole rings is 1. The second-order valence-electron chi connectivity index (χ2n) is 4.45. The van der Waals surface area contributed by atoms with Gasteiger partial charge in [-0.3, -0.25) is 4.98 Å². The highest BCUT2D eigenvalue weighted by Gasteiger charge is 2.18. The number of carbonyl (C=O) groups is 1. The van der Waals surface area contributed by atoms with Crippen LogP contribution in [0.25, 0.3) is 21.5 Å². The zero-order chi connectivity index (χ0) is 15.0. The molecule has 0 unspecified atom stereocenters. The van der Waals surface area contributed by atoms with E-state index in [1.54, 1.807) is 12.3 Å². The van der Waals surface area contributed by atoms with Crippen LogP contribution < -0.4 is 0 Å². The number of pyridine rings is 1. The predicted molar refractivity (Wildman–Crippen MR) is 84.2 cm³/mol. The summed E-state index contributed by atoms with van der Waals surface area (Å²) < 4.78 is 0. The van der Waals surface area contributed by atoms with Gasteiger partial charge in [-0.2, -0.15) is 0 Å². The molecular formula is C15H11ClN2O2S. The average molecular weight is 319 g/mol. The van der Waals surface area contributed by atoms with E-state index < -0.39 is 5.97 Å². The molecule has 0 saturated carbocycles. The topological polar surface area (TPSA) is 63.1 Å². The minimum absolute atomic E-state index is 0.284. The average Bonchev–Trinajstić information content (AvgIpc) is 2.92. The normalized spacial score (nSPS) is 11.0. The Morgan fingerprint density at radius 3 is 2.86 bits per heavy atom. The summed E-state index contributed by atoms with van der Waals surface area (Å²) in [5.41, 5.74) is 2.14. The molecule has 6 heteroatoms. The van der Waals surface area contributed by atoms with Crippen molar-refractivity contribution in [3.63, 3.8) is 0 Å². The number of nitrogens with zero attached hydrogens (tertiary/aromatic N) is 2. The number of benzene rings is 1. The van der Waals surface area contributed by atoms with E-state index in [-0.39, 0.29) is 4.88 Å². The van der Waals surface area contributed by atoms with Gasteiger partial charge in [-0.15, -0.1) is 11.3 Å². The van der Waals surface area contributed by atoms with Crippen molar-refractivity contribution < 1.29 is 9.90 Å². The third kappa shape index (κ3) is 2.39. The molecule has 0 aliphatic heterocycles. The first kappa shape index (κ1) is 14.0. The molecule has 0 spiro atoms. The monoisotopic (exact) mass is 318 g/mol. The highest BCUT2D eigenvalue weighted by atomic mass is 35.5. The van der Waals surface area contributed by atoms with Crippen LogP contribution in [0.3, 0.4) is 0 Å². The van der Waals surface area contributed by atoms with Crippen LogP contribution in [0.4, 0.5) is 0 Å². The van der Waals surface area contributed by atoms with Gasteiger partial charge in [-0.1, -0.05) is 18.5 Å². The molecule has 2 aromatic heterocycles. The molecule has 3 rings (SSSR count). The fraction of sp³-hybridized carbons (Fsp3) is 0.133. The lowest BCUT2D eigenvalue weighted by Crippen LogP contribution is -1.97. The predicted octanol–water partition coefficient (Wildman–Crippen LogP) is 4.27. The Balaban J connectivity index is 2.26. The van der Waals surface area contributed by atoms with E-state index in [9.17, 15) is 9.90 Å². The molecule has 0 saturated heterocycles. The minimum Gasteiger partial charge on any atom is -0.477 e. The van der Waals surface area contributed by atoms with Crippen LogP contribution in [0.5, 0.6) is 0 Å².